The summed E-state index contributed by atoms with van der Waals surface area (Å²) in [4.78, 5) is 17.8. The highest BCUT2D eigenvalue weighted by Gasteiger charge is 2.39. The van der Waals surface area contributed by atoms with Crippen molar-refractivity contribution in [3.05, 3.63) is 76.2 Å². The number of hydrogen-bond acceptors (Lipinski definition) is 6. The van der Waals surface area contributed by atoms with E-state index < -0.39 is 0 Å². The fourth-order valence-corrected chi connectivity index (χ4v) is 4.68. The number of halogens is 1. The fraction of sp³-hybridized carbons (Fsp3) is 0.261. The molecular weight excluding hydrogens is 416 g/mol. The minimum Gasteiger partial charge on any atom is -0.493 e. The Morgan fingerprint density at radius 2 is 1.90 bits per heavy atom. The smallest absolute Gasteiger partial charge is 0.226 e. The van der Waals surface area contributed by atoms with Crippen molar-refractivity contribution in [3.63, 3.8) is 0 Å². The predicted molar refractivity (Wildman–Crippen MR) is 117 cm³/mol. The Hall–Kier alpha value is -3.32. The van der Waals surface area contributed by atoms with Crippen molar-refractivity contribution in [1.82, 2.24) is 14.8 Å². The van der Waals surface area contributed by atoms with Gasteiger partial charge in [0.15, 0.2) is 17.3 Å². The Labute approximate surface area is 184 Å². The maximum atomic E-state index is 13.4. The molecule has 0 spiro atoms. The molecule has 2 aromatic carbocycles. The molecule has 1 aliphatic heterocycles. The van der Waals surface area contributed by atoms with Gasteiger partial charge >= 0.3 is 0 Å². The third-order valence-corrected chi connectivity index (χ3v) is 6.14. The molecule has 0 saturated heterocycles. The van der Waals surface area contributed by atoms with Crippen molar-refractivity contribution >= 4 is 23.3 Å². The number of ketones is 1. The molecule has 5 rings (SSSR count). The van der Waals surface area contributed by atoms with Crippen LogP contribution in [0, 0.1) is 0 Å². The van der Waals surface area contributed by atoms with Gasteiger partial charge in [0, 0.05) is 22.7 Å². The fourth-order valence-electron chi connectivity index (χ4n) is 4.48. The summed E-state index contributed by atoms with van der Waals surface area (Å²) >= 11 is 6.25. The molecule has 0 unspecified atom stereocenters. The lowest BCUT2D eigenvalue weighted by molar-refractivity contribution is -0.116. The number of nitrogens with one attached hydrogen (secondary N) is 1. The Bertz CT molecular complexity index is 1200. The van der Waals surface area contributed by atoms with Gasteiger partial charge in [-0.25, -0.2) is 4.68 Å². The van der Waals surface area contributed by atoms with Crippen LogP contribution < -0.4 is 14.8 Å². The highest BCUT2D eigenvalue weighted by Crippen LogP contribution is 2.45. The summed E-state index contributed by atoms with van der Waals surface area (Å²) in [5.41, 5.74) is 3.54. The van der Waals surface area contributed by atoms with Gasteiger partial charge in [0.05, 0.1) is 14.2 Å². The molecule has 158 valence electrons. The molecule has 0 radical (unpaired) electrons. The molecule has 2 aliphatic rings. The molecule has 8 heteroatoms. The van der Waals surface area contributed by atoms with Crippen LogP contribution in [0.2, 0.25) is 5.02 Å². The SMILES string of the molecule is COc1ccc([C@H]2CC(=O)C3=C(C2)Nc2ncnn2[C@H]3c2cccc(Cl)c2)cc1OC. The molecule has 0 amide bonds. The zero-order chi connectivity index (χ0) is 21.5. The monoisotopic (exact) mass is 436 g/mol. The minimum atomic E-state index is -0.355. The number of anilines is 1. The van der Waals surface area contributed by atoms with E-state index >= 15 is 0 Å². The van der Waals surface area contributed by atoms with Gasteiger partial charge < -0.3 is 14.8 Å². The maximum Gasteiger partial charge on any atom is 0.226 e. The summed E-state index contributed by atoms with van der Waals surface area (Å²) in [5, 5.41) is 8.32. The van der Waals surface area contributed by atoms with Crippen LogP contribution in [0.4, 0.5) is 5.95 Å². The Kier molecular flexibility index (Phi) is 4.90. The van der Waals surface area contributed by atoms with Gasteiger partial charge in [-0.1, -0.05) is 29.8 Å². The van der Waals surface area contributed by atoms with Crippen LogP contribution in [-0.4, -0.2) is 34.8 Å². The van der Waals surface area contributed by atoms with Crippen molar-refractivity contribution in [3.8, 4) is 11.5 Å². The van der Waals surface area contributed by atoms with Crippen LogP contribution in [0.3, 0.4) is 0 Å². The first kappa shape index (κ1) is 19.6. The number of nitrogens with zero attached hydrogens (tertiary/aromatic N) is 3. The number of ether oxygens (including phenoxy) is 2. The number of benzene rings is 2. The number of fused-ring (bicyclic) bond motifs is 1. The summed E-state index contributed by atoms with van der Waals surface area (Å²) in [6, 6.07) is 13.0. The van der Waals surface area contributed by atoms with Gasteiger partial charge in [0.1, 0.15) is 12.4 Å². The first-order valence-corrected chi connectivity index (χ1v) is 10.4. The van der Waals surface area contributed by atoms with E-state index in [1.807, 2.05) is 42.5 Å². The standard InChI is InChI=1S/C23H21ClN4O3/c1-30-19-7-6-13(11-20(19)31-2)15-9-17-21(18(29)10-15)22(14-4-3-5-16(24)8-14)28-23(27-17)25-12-26-28/h3-8,11-12,15,22H,9-10H2,1-2H3,(H,25,26,27)/t15-,22+/m1/s1. The summed E-state index contributed by atoms with van der Waals surface area (Å²) in [6.45, 7) is 0. The lowest BCUT2D eigenvalue weighted by Gasteiger charge is -2.35. The Morgan fingerprint density at radius 1 is 1.06 bits per heavy atom. The highest BCUT2D eigenvalue weighted by molar-refractivity contribution is 6.30. The van der Waals surface area contributed by atoms with Crippen LogP contribution in [0.25, 0.3) is 0 Å². The summed E-state index contributed by atoms with van der Waals surface area (Å²) in [5.74, 6) is 2.04. The van der Waals surface area contributed by atoms with E-state index in [1.165, 1.54) is 6.33 Å². The average molecular weight is 437 g/mol. The van der Waals surface area contributed by atoms with Crippen molar-refractivity contribution in [2.45, 2.75) is 24.8 Å². The third kappa shape index (κ3) is 3.35. The number of hydrogen-bond donors (Lipinski definition) is 1. The highest BCUT2D eigenvalue weighted by atomic mass is 35.5. The number of allylic oxidation sites excluding steroid dienone is 2. The summed E-state index contributed by atoms with van der Waals surface area (Å²) in [6.07, 6.45) is 2.58. The number of aromatic nitrogens is 3. The first-order valence-electron chi connectivity index (χ1n) is 9.99. The summed E-state index contributed by atoms with van der Waals surface area (Å²) < 4.78 is 12.5. The zero-order valence-electron chi connectivity index (χ0n) is 17.1. The van der Waals surface area contributed by atoms with Crippen LogP contribution >= 0.6 is 11.6 Å². The van der Waals surface area contributed by atoms with E-state index in [9.17, 15) is 4.79 Å². The topological polar surface area (TPSA) is 78.3 Å². The molecule has 0 saturated carbocycles. The number of methoxy groups -OCH3 is 2. The second-order valence-corrected chi connectivity index (χ2v) is 8.08. The van der Waals surface area contributed by atoms with Crippen LogP contribution in [-0.2, 0) is 4.79 Å². The van der Waals surface area contributed by atoms with Crippen molar-refractivity contribution < 1.29 is 14.3 Å². The van der Waals surface area contributed by atoms with Gasteiger partial charge in [-0.05, 0) is 47.7 Å². The zero-order valence-corrected chi connectivity index (χ0v) is 17.9. The molecule has 3 aromatic rings. The Balaban J connectivity index is 1.56. The van der Waals surface area contributed by atoms with E-state index in [2.05, 4.69) is 15.4 Å². The van der Waals surface area contributed by atoms with Gasteiger partial charge in [0.25, 0.3) is 0 Å². The van der Waals surface area contributed by atoms with E-state index in [0.717, 1.165) is 22.4 Å². The van der Waals surface area contributed by atoms with E-state index in [1.54, 1.807) is 18.9 Å². The molecule has 1 aromatic heterocycles. The maximum absolute atomic E-state index is 13.4. The van der Waals surface area contributed by atoms with Crippen LogP contribution in [0.1, 0.15) is 35.9 Å². The Morgan fingerprint density at radius 3 is 2.68 bits per heavy atom. The molecule has 2 heterocycles. The molecule has 1 aliphatic carbocycles. The van der Waals surface area contributed by atoms with Crippen molar-refractivity contribution in [2.24, 2.45) is 0 Å². The van der Waals surface area contributed by atoms with Crippen molar-refractivity contribution in [2.75, 3.05) is 19.5 Å². The van der Waals surface area contributed by atoms with Crippen LogP contribution in [0.15, 0.2) is 60.1 Å². The predicted octanol–water partition coefficient (Wildman–Crippen LogP) is 4.36. The second-order valence-electron chi connectivity index (χ2n) is 7.65. The molecule has 0 fully saturated rings. The normalized spacial score (nSPS) is 20.0. The lowest BCUT2D eigenvalue weighted by atomic mass is 9.78. The number of carbonyl (C=O) groups is 1. The third-order valence-electron chi connectivity index (χ3n) is 5.91. The minimum absolute atomic E-state index is 0.0213. The molecule has 0 bridgehead atoms. The average Bonchev–Trinajstić information content (AvgIpc) is 3.25. The second kappa shape index (κ2) is 7.74. The van der Waals surface area contributed by atoms with Gasteiger partial charge in [0.2, 0.25) is 5.95 Å². The molecule has 7 nitrogen and oxygen atoms in total. The van der Waals surface area contributed by atoms with E-state index in [4.69, 9.17) is 21.1 Å². The molecular formula is C23H21ClN4O3. The molecule has 1 N–H and O–H groups in total. The van der Waals surface area contributed by atoms with Gasteiger partial charge in [-0.2, -0.15) is 10.1 Å². The van der Waals surface area contributed by atoms with Crippen LogP contribution in [0.5, 0.6) is 11.5 Å². The van der Waals surface area contributed by atoms with E-state index in [0.29, 0.717) is 35.3 Å². The van der Waals surface area contributed by atoms with Crippen molar-refractivity contribution in [1.29, 1.82) is 0 Å². The van der Waals surface area contributed by atoms with Gasteiger partial charge in [-0.15, -0.1) is 0 Å². The largest absolute Gasteiger partial charge is 0.493 e. The lowest BCUT2D eigenvalue weighted by Crippen LogP contribution is -2.33. The first-order chi connectivity index (χ1) is 15.1. The molecule has 2 atom stereocenters. The van der Waals surface area contributed by atoms with E-state index in [-0.39, 0.29) is 17.7 Å². The quantitative estimate of drug-likeness (QED) is 0.654. The summed E-state index contributed by atoms with van der Waals surface area (Å²) in [7, 11) is 3.22. The number of carbonyl (C=O) groups excluding carboxylic acids is 1. The number of rotatable bonds is 4. The number of Topliss-reactive ketones (excluding diaryl/α,β-unsaturated/α-hetero) is 1. The molecule has 31 heavy (non-hydrogen) atoms. The van der Waals surface area contributed by atoms with Gasteiger partial charge in [-0.3, -0.25) is 4.79 Å².